The molecule has 128 valence electrons. The van der Waals surface area contributed by atoms with E-state index in [1.54, 1.807) is 23.5 Å². The third-order valence-electron chi connectivity index (χ3n) is 4.07. The monoisotopic (exact) mass is 360 g/mol. The van der Waals surface area contributed by atoms with Gasteiger partial charge in [0, 0.05) is 17.4 Å². The molecule has 1 aliphatic heterocycles. The van der Waals surface area contributed by atoms with E-state index in [0.29, 0.717) is 5.25 Å². The third kappa shape index (κ3) is 3.57. The van der Waals surface area contributed by atoms with Gasteiger partial charge >= 0.3 is 0 Å². The third-order valence-corrected chi connectivity index (χ3v) is 6.31. The lowest BCUT2D eigenvalue weighted by molar-refractivity contribution is 0.729. The Labute approximate surface area is 152 Å². The molecule has 0 fully saturated rings. The Morgan fingerprint density at radius 3 is 2.67 bits per heavy atom. The Bertz CT molecular complexity index is 793. The number of aromatic nitrogens is 2. The first kappa shape index (κ1) is 17.6. The average molecular weight is 361 g/mol. The quantitative estimate of drug-likeness (QED) is 0.437. The molecule has 0 saturated carbocycles. The van der Waals surface area contributed by atoms with Crippen molar-refractivity contribution in [2.45, 2.75) is 62.3 Å². The fraction of sp³-hybridized carbons (Fsp3) is 0.474. The molecular formula is C19H24N2OS2. The van der Waals surface area contributed by atoms with Crippen LogP contribution >= 0.6 is 23.5 Å². The molecule has 0 radical (unpaired) electrons. The van der Waals surface area contributed by atoms with Crippen molar-refractivity contribution in [1.29, 1.82) is 0 Å². The second-order valence-electron chi connectivity index (χ2n) is 6.49. The summed E-state index contributed by atoms with van der Waals surface area (Å²) in [6.07, 6.45) is 3.18. The SMILES string of the molecule is CCCCSc1nc2c(c(=O)n1-c1cc(C)cc(C)c1)S[C@H](C)C2. The summed E-state index contributed by atoms with van der Waals surface area (Å²) >= 11 is 3.37. The normalized spacial score (nSPS) is 16.4. The predicted octanol–water partition coefficient (Wildman–Crippen LogP) is 4.78. The number of fused-ring (bicyclic) bond motifs is 1. The van der Waals surface area contributed by atoms with E-state index in [1.165, 1.54) is 11.1 Å². The van der Waals surface area contributed by atoms with Gasteiger partial charge in [-0.05, 0) is 43.5 Å². The number of benzene rings is 1. The Morgan fingerprint density at radius 1 is 1.29 bits per heavy atom. The molecule has 0 saturated heterocycles. The topological polar surface area (TPSA) is 34.9 Å². The standard InChI is InChI=1S/C19H24N2OS2/c1-5-6-7-23-19-20-16-11-14(4)24-17(16)18(22)21(19)15-9-12(2)8-13(3)10-15/h8-10,14H,5-7,11H2,1-4H3/t14-/m1/s1. The number of nitrogens with zero attached hydrogens (tertiary/aromatic N) is 2. The van der Waals surface area contributed by atoms with Crippen molar-refractivity contribution < 1.29 is 0 Å². The van der Waals surface area contributed by atoms with Gasteiger partial charge in [0.2, 0.25) is 0 Å². The zero-order chi connectivity index (χ0) is 17.3. The minimum atomic E-state index is 0.0957. The number of hydrogen-bond acceptors (Lipinski definition) is 4. The van der Waals surface area contributed by atoms with Gasteiger partial charge in [-0.3, -0.25) is 9.36 Å². The molecule has 1 aromatic heterocycles. The Kier molecular flexibility index (Phi) is 5.40. The van der Waals surface area contributed by atoms with Gasteiger partial charge in [0.1, 0.15) is 0 Å². The molecule has 24 heavy (non-hydrogen) atoms. The van der Waals surface area contributed by atoms with Gasteiger partial charge in [-0.2, -0.15) is 0 Å². The molecule has 3 nitrogen and oxygen atoms in total. The summed E-state index contributed by atoms with van der Waals surface area (Å²) in [6.45, 7) is 8.49. The van der Waals surface area contributed by atoms with Crippen molar-refractivity contribution in [2.24, 2.45) is 0 Å². The zero-order valence-corrected chi connectivity index (χ0v) is 16.4. The van der Waals surface area contributed by atoms with Crippen LogP contribution in [0.4, 0.5) is 0 Å². The summed E-state index contributed by atoms with van der Waals surface area (Å²) in [5, 5.41) is 1.27. The van der Waals surface area contributed by atoms with Crippen molar-refractivity contribution in [3.05, 3.63) is 45.4 Å². The van der Waals surface area contributed by atoms with Crippen LogP contribution in [-0.4, -0.2) is 20.6 Å². The van der Waals surface area contributed by atoms with Gasteiger partial charge in [0.05, 0.1) is 16.3 Å². The number of hydrogen-bond donors (Lipinski definition) is 0. The number of rotatable bonds is 5. The fourth-order valence-corrected chi connectivity index (χ4v) is 5.22. The highest BCUT2D eigenvalue weighted by molar-refractivity contribution is 8.00. The van der Waals surface area contributed by atoms with Crippen molar-refractivity contribution in [1.82, 2.24) is 9.55 Å². The molecule has 3 rings (SSSR count). The highest BCUT2D eigenvalue weighted by Gasteiger charge is 2.26. The van der Waals surface area contributed by atoms with E-state index < -0.39 is 0 Å². The van der Waals surface area contributed by atoms with Crippen molar-refractivity contribution in [3.63, 3.8) is 0 Å². The fourth-order valence-electron chi connectivity index (χ4n) is 3.01. The number of aryl methyl sites for hydroxylation is 2. The molecule has 0 bridgehead atoms. The summed E-state index contributed by atoms with van der Waals surface area (Å²) in [6, 6.07) is 6.29. The van der Waals surface area contributed by atoms with E-state index in [9.17, 15) is 4.79 Å². The first-order valence-electron chi connectivity index (χ1n) is 8.53. The molecule has 0 aliphatic carbocycles. The number of unbranched alkanes of at least 4 members (excludes halogenated alkanes) is 1. The van der Waals surface area contributed by atoms with Crippen LogP contribution in [0.2, 0.25) is 0 Å². The Hall–Kier alpha value is -1.20. The van der Waals surface area contributed by atoms with Crippen LogP contribution in [0, 0.1) is 13.8 Å². The molecule has 5 heteroatoms. The summed E-state index contributed by atoms with van der Waals surface area (Å²) in [5.74, 6) is 0.995. The lowest BCUT2D eigenvalue weighted by Crippen LogP contribution is -2.24. The molecule has 1 aromatic carbocycles. The zero-order valence-electron chi connectivity index (χ0n) is 14.8. The molecular weight excluding hydrogens is 336 g/mol. The predicted molar refractivity (Wildman–Crippen MR) is 104 cm³/mol. The maximum atomic E-state index is 13.2. The van der Waals surface area contributed by atoms with Crippen LogP contribution in [0.5, 0.6) is 0 Å². The molecule has 0 N–H and O–H groups in total. The highest BCUT2D eigenvalue weighted by Crippen LogP contribution is 2.35. The summed E-state index contributed by atoms with van der Waals surface area (Å²) < 4.78 is 1.82. The van der Waals surface area contributed by atoms with Crippen molar-refractivity contribution in [2.75, 3.05) is 5.75 Å². The van der Waals surface area contributed by atoms with Crippen LogP contribution < -0.4 is 5.56 Å². The van der Waals surface area contributed by atoms with Crippen LogP contribution in [0.25, 0.3) is 5.69 Å². The molecule has 2 aromatic rings. The van der Waals surface area contributed by atoms with E-state index in [4.69, 9.17) is 4.98 Å². The first-order chi connectivity index (χ1) is 11.5. The van der Waals surface area contributed by atoms with Gasteiger partial charge < -0.3 is 0 Å². The molecule has 2 heterocycles. The van der Waals surface area contributed by atoms with Crippen LogP contribution in [0.15, 0.2) is 33.0 Å². The molecule has 0 amide bonds. The summed E-state index contributed by atoms with van der Waals surface area (Å²) in [4.78, 5) is 18.9. The van der Waals surface area contributed by atoms with Crippen LogP contribution in [0.3, 0.4) is 0 Å². The molecule has 0 spiro atoms. The highest BCUT2D eigenvalue weighted by atomic mass is 32.2. The van der Waals surface area contributed by atoms with Gasteiger partial charge in [-0.1, -0.05) is 38.1 Å². The first-order valence-corrected chi connectivity index (χ1v) is 10.4. The molecule has 1 aliphatic rings. The van der Waals surface area contributed by atoms with Crippen molar-refractivity contribution in [3.8, 4) is 5.69 Å². The smallest absolute Gasteiger partial charge is 0.268 e. The number of thioether (sulfide) groups is 2. The largest absolute Gasteiger partial charge is 0.272 e. The second kappa shape index (κ2) is 7.36. The lowest BCUT2D eigenvalue weighted by Gasteiger charge is -2.14. The minimum absolute atomic E-state index is 0.0957. The van der Waals surface area contributed by atoms with Crippen LogP contribution in [-0.2, 0) is 6.42 Å². The minimum Gasteiger partial charge on any atom is -0.268 e. The Balaban J connectivity index is 2.15. The van der Waals surface area contributed by atoms with Gasteiger partial charge in [-0.25, -0.2) is 4.98 Å². The lowest BCUT2D eigenvalue weighted by atomic mass is 10.1. The second-order valence-corrected chi connectivity index (χ2v) is 9.00. The van der Waals surface area contributed by atoms with E-state index in [-0.39, 0.29) is 5.56 Å². The van der Waals surface area contributed by atoms with Crippen LogP contribution in [0.1, 0.15) is 43.5 Å². The van der Waals surface area contributed by atoms with Crippen molar-refractivity contribution >= 4 is 23.5 Å². The average Bonchev–Trinajstić information content (AvgIpc) is 2.87. The summed E-state index contributed by atoms with van der Waals surface area (Å²) in [5.41, 5.74) is 4.35. The van der Waals surface area contributed by atoms with E-state index in [1.807, 2.05) is 4.57 Å². The maximum absolute atomic E-state index is 13.2. The molecule has 1 atom stereocenters. The van der Waals surface area contributed by atoms with E-state index >= 15 is 0 Å². The van der Waals surface area contributed by atoms with E-state index in [2.05, 4.69) is 45.9 Å². The van der Waals surface area contributed by atoms with E-state index in [0.717, 1.165) is 46.4 Å². The maximum Gasteiger partial charge on any atom is 0.272 e. The van der Waals surface area contributed by atoms with Gasteiger partial charge in [0.15, 0.2) is 5.16 Å². The Morgan fingerprint density at radius 2 is 2.00 bits per heavy atom. The summed E-state index contributed by atoms with van der Waals surface area (Å²) in [7, 11) is 0. The van der Waals surface area contributed by atoms with Gasteiger partial charge in [-0.15, -0.1) is 11.8 Å². The molecule has 0 unspecified atom stereocenters. The van der Waals surface area contributed by atoms with Gasteiger partial charge in [0.25, 0.3) is 5.56 Å².